The van der Waals surface area contributed by atoms with Crippen LogP contribution in [0.15, 0.2) is 65.8 Å². The van der Waals surface area contributed by atoms with E-state index in [1.807, 2.05) is 30.4 Å². The zero-order valence-electron chi connectivity index (χ0n) is 14.1. The van der Waals surface area contributed by atoms with Crippen LogP contribution in [-0.2, 0) is 4.74 Å². The van der Waals surface area contributed by atoms with E-state index in [0.717, 1.165) is 43.7 Å². The first-order chi connectivity index (χ1) is 11.7. The standard InChI is InChI=1S/C20H24N2O2/c1-21-11-13-22(14-12-21)20(23)18-10-6-5-9-17(18)15-19(24-20)16-7-3-2-4-8-16/h2-8,10,15,19,23H,9,11-14H2,1H3. The lowest BCUT2D eigenvalue weighted by atomic mass is 9.89. The Morgan fingerprint density at radius 2 is 1.88 bits per heavy atom. The van der Waals surface area contributed by atoms with Crippen LogP contribution < -0.4 is 0 Å². The van der Waals surface area contributed by atoms with E-state index in [-0.39, 0.29) is 6.10 Å². The van der Waals surface area contributed by atoms with Crippen molar-refractivity contribution in [3.8, 4) is 0 Å². The summed E-state index contributed by atoms with van der Waals surface area (Å²) in [7, 11) is 2.11. The van der Waals surface area contributed by atoms with Crippen LogP contribution in [-0.4, -0.2) is 54.0 Å². The van der Waals surface area contributed by atoms with Gasteiger partial charge >= 0.3 is 0 Å². The van der Waals surface area contributed by atoms with Gasteiger partial charge in [0.15, 0.2) is 0 Å². The lowest BCUT2D eigenvalue weighted by molar-refractivity contribution is -0.289. The molecule has 1 aromatic carbocycles. The van der Waals surface area contributed by atoms with Gasteiger partial charge < -0.3 is 14.7 Å². The van der Waals surface area contributed by atoms with Crippen molar-refractivity contribution in [1.82, 2.24) is 9.80 Å². The van der Waals surface area contributed by atoms with Crippen molar-refractivity contribution in [3.05, 3.63) is 71.3 Å². The minimum Gasteiger partial charge on any atom is -0.349 e. The molecule has 4 rings (SSSR count). The number of ether oxygens (including phenoxy) is 1. The summed E-state index contributed by atoms with van der Waals surface area (Å²) in [5, 5.41) is 11.6. The van der Waals surface area contributed by atoms with E-state index < -0.39 is 5.91 Å². The minimum absolute atomic E-state index is 0.227. The first kappa shape index (κ1) is 15.8. The molecular formula is C20H24N2O2. The lowest BCUT2D eigenvalue weighted by Crippen LogP contribution is -2.60. The highest BCUT2D eigenvalue weighted by Crippen LogP contribution is 2.43. The summed E-state index contributed by atoms with van der Waals surface area (Å²) in [6, 6.07) is 10.1. The molecule has 0 aromatic heterocycles. The maximum atomic E-state index is 11.6. The third-order valence-corrected chi connectivity index (χ3v) is 5.14. The van der Waals surface area contributed by atoms with Crippen molar-refractivity contribution in [3.63, 3.8) is 0 Å². The quantitative estimate of drug-likeness (QED) is 0.906. The van der Waals surface area contributed by atoms with Gasteiger partial charge in [-0.15, -0.1) is 0 Å². The van der Waals surface area contributed by atoms with E-state index >= 15 is 0 Å². The topological polar surface area (TPSA) is 35.9 Å². The summed E-state index contributed by atoms with van der Waals surface area (Å²) in [4.78, 5) is 4.35. The minimum atomic E-state index is -1.35. The molecule has 24 heavy (non-hydrogen) atoms. The van der Waals surface area contributed by atoms with Crippen molar-refractivity contribution in [2.75, 3.05) is 33.2 Å². The monoisotopic (exact) mass is 324 g/mol. The molecule has 3 aliphatic rings. The molecular weight excluding hydrogens is 300 g/mol. The molecule has 0 amide bonds. The Labute approximate surface area is 143 Å². The van der Waals surface area contributed by atoms with Crippen LogP contribution in [0.5, 0.6) is 0 Å². The van der Waals surface area contributed by atoms with Crippen LogP contribution in [0.4, 0.5) is 0 Å². The number of piperazine rings is 1. The summed E-state index contributed by atoms with van der Waals surface area (Å²) >= 11 is 0. The van der Waals surface area contributed by atoms with Crippen molar-refractivity contribution in [2.45, 2.75) is 18.4 Å². The third kappa shape index (κ3) is 2.76. The van der Waals surface area contributed by atoms with Crippen LogP contribution in [0.2, 0.25) is 0 Å². The molecule has 1 aromatic rings. The third-order valence-electron chi connectivity index (χ3n) is 5.14. The molecule has 4 heteroatoms. The Morgan fingerprint density at radius 1 is 1.12 bits per heavy atom. The normalized spacial score (nSPS) is 31.3. The van der Waals surface area contributed by atoms with Gasteiger partial charge in [0.1, 0.15) is 6.10 Å². The highest BCUT2D eigenvalue weighted by Gasteiger charge is 2.46. The van der Waals surface area contributed by atoms with Gasteiger partial charge in [-0.3, -0.25) is 0 Å². The maximum absolute atomic E-state index is 11.6. The maximum Gasteiger partial charge on any atom is 0.257 e. The fraction of sp³-hybridized carbons (Fsp3) is 0.400. The molecule has 126 valence electrons. The van der Waals surface area contributed by atoms with E-state index in [0.29, 0.717) is 0 Å². The van der Waals surface area contributed by atoms with E-state index in [9.17, 15) is 5.11 Å². The fourth-order valence-corrected chi connectivity index (χ4v) is 3.67. The molecule has 1 saturated heterocycles. The van der Waals surface area contributed by atoms with Gasteiger partial charge in [0.2, 0.25) is 0 Å². The largest absolute Gasteiger partial charge is 0.349 e. The Hall–Kier alpha value is -1.72. The highest BCUT2D eigenvalue weighted by atomic mass is 16.7. The van der Waals surface area contributed by atoms with E-state index in [1.54, 1.807) is 0 Å². The van der Waals surface area contributed by atoms with Crippen LogP contribution in [0.25, 0.3) is 0 Å². The molecule has 1 fully saturated rings. The van der Waals surface area contributed by atoms with Gasteiger partial charge in [0.05, 0.1) is 0 Å². The Bertz CT molecular complexity index is 687. The number of nitrogens with zero attached hydrogens (tertiary/aromatic N) is 2. The number of hydrogen-bond donors (Lipinski definition) is 1. The van der Waals surface area contributed by atoms with Crippen molar-refractivity contribution < 1.29 is 9.84 Å². The zero-order chi connectivity index (χ0) is 16.6. The van der Waals surface area contributed by atoms with Gasteiger partial charge in [-0.2, -0.15) is 0 Å². The average molecular weight is 324 g/mol. The van der Waals surface area contributed by atoms with Crippen molar-refractivity contribution in [2.24, 2.45) is 0 Å². The number of fused-ring (bicyclic) bond motifs is 1. The number of rotatable bonds is 2. The second-order valence-corrected chi connectivity index (χ2v) is 6.75. The van der Waals surface area contributed by atoms with Gasteiger partial charge in [-0.1, -0.05) is 48.6 Å². The SMILES string of the molecule is CN1CCN(C2(O)OC(c3ccccc3)C=C3CC=CC=C32)CC1. The second-order valence-electron chi connectivity index (χ2n) is 6.75. The van der Waals surface area contributed by atoms with E-state index in [2.05, 4.69) is 41.1 Å². The van der Waals surface area contributed by atoms with E-state index in [4.69, 9.17) is 4.74 Å². The zero-order valence-corrected chi connectivity index (χ0v) is 14.1. The van der Waals surface area contributed by atoms with Crippen LogP contribution in [0.3, 0.4) is 0 Å². The molecule has 2 atom stereocenters. The summed E-state index contributed by atoms with van der Waals surface area (Å²) in [6.07, 6.45) is 8.90. The van der Waals surface area contributed by atoms with Gasteiger partial charge in [-0.25, -0.2) is 4.90 Å². The predicted molar refractivity (Wildman–Crippen MR) is 94.2 cm³/mol. The molecule has 1 aliphatic carbocycles. The van der Waals surface area contributed by atoms with Crippen LogP contribution >= 0.6 is 0 Å². The van der Waals surface area contributed by atoms with Crippen molar-refractivity contribution in [1.29, 1.82) is 0 Å². The average Bonchev–Trinajstić information content (AvgIpc) is 2.63. The Morgan fingerprint density at radius 3 is 2.62 bits per heavy atom. The number of benzene rings is 1. The van der Waals surface area contributed by atoms with Crippen LogP contribution in [0, 0.1) is 0 Å². The molecule has 0 bridgehead atoms. The molecule has 4 nitrogen and oxygen atoms in total. The molecule has 0 spiro atoms. The molecule has 0 saturated carbocycles. The van der Waals surface area contributed by atoms with E-state index in [1.165, 1.54) is 5.57 Å². The van der Waals surface area contributed by atoms with Gasteiger partial charge in [0, 0.05) is 31.8 Å². The lowest BCUT2D eigenvalue weighted by Gasteiger charge is -2.48. The number of allylic oxidation sites excluding steroid dienone is 3. The summed E-state index contributed by atoms with van der Waals surface area (Å²) in [5.41, 5.74) is 3.13. The molecule has 2 aliphatic heterocycles. The Kier molecular flexibility index (Phi) is 4.14. The molecule has 2 heterocycles. The summed E-state index contributed by atoms with van der Waals surface area (Å²) in [5.74, 6) is -1.35. The molecule has 1 N–H and O–H groups in total. The number of hydrogen-bond acceptors (Lipinski definition) is 4. The summed E-state index contributed by atoms with van der Waals surface area (Å²) in [6.45, 7) is 3.46. The number of likely N-dealkylation sites (N-methyl/N-ethyl adjacent to an activating group) is 1. The first-order valence-electron chi connectivity index (χ1n) is 8.64. The second kappa shape index (κ2) is 6.30. The Balaban J connectivity index is 1.71. The fourth-order valence-electron chi connectivity index (χ4n) is 3.67. The first-order valence-corrected chi connectivity index (χ1v) is 8.64. The van der Waals surface area contributed by atoms with Crippen LogP contribution in [0.1, 0.15) is 18.1 Å². The summed E-state index contributed by atoms with van der Waals surface area (Å²) < 4.78 is 6.29. The van der Waals surface area contributed by atoms with Gasteiger partial charge in [-0.05, 0) is 30.7 Å². The smallest absolute Gasteiger partial charge is 0.257 e. The molecule has 2 unspecified atom stereocenters. The predicted octanol–water partition coefficient (Wildman–Crippen LogP) is 2.46. The number of aliphatic hydroxyl groups is 1. The van der Waals surface area contributed by atoms with Crippen molar-refractivity contribution >= 4 is 0 Å². The highest BCUT2D eigenvalue weighted by molar-refractivity contribution is 5.46. The molecule has 0 radical (unpaired) electrons. The van der Waals surface area contributed by atoms with Gasteiger partial charge in [0.25, 0.3) is 5.91 Å².